The molecule has 0 spiro atoms. The zero-order valence-corrected chi connectivity index (χ0v) is 22.1. The van der Waals surface area contributed by atoms with E-state index in [9.17, 15) is 13.6 Å². The molecule has 3 saturated heterocycles. The van der Waals surface area contributed by atoms with Gasteiger partial charge in [0.05, 0.1) is 50.0 Å². The number of carbonyl (C=O) groups excluding carboxylic acids is 1. The van der Waals surface area contributed by atoms with Crippen molar-refractivity contribution in [2.75, 3.05) is 64.1 Å². The number of halogens is 2. The van der Waals surface area contributed by atoms with Crippen molar-refractivity contribution in [1.82, 2.24) is 24.4 Å². The highest BCUT2D eigenvalue weighted by atomic mass is 19.3. The van der Waals surface area contributed by atoms with Crippen molar-refractivity contribution < 1.29 is 32.5 Å². The van der Waals surface area contributed by atoms with Crippen molar-refractivity contribution in [2.45, 2.75) is 37.9 Å². The molecule has 0 aliphatic carbocycles. The fourth-order valence-electron chi connectivity index (χ4n) is 5.11. The van der Waals surface area contributed by atoms with Gasteiger partial charge in [-0.15, -0.1) is 0 Å². The lowest BCUT2D eigenvalue weighted by molar-refractivity contribution is -0.147. The van der Waals surface area contributed by atoms with Gasteiger partial charge in [0.2, 0.25) is 17.7 Å². The van der Waals surface area contributed by atoms with Crippen LogP contribution >= 0.6 is 0 Å². The monoisotopic (exact) mass is 558 g/mol. The Morgan fingerprint density at radius 3 is 2.67 bits per heavy atom. The Bertz CT molecular complexity index is 1320. The quantitative estimate of drug-likeness (QED) is 0.392. The molecule has 1 atom stereocenters. The molecule has 3 aliphatic rings. The number of ether oxygens (including phenoxy) is 4. The average Bonchev–Trinajstić information content (AvgIpc) is 3.36. The molecule has 1 amide bonds. The molecule has 2 aromatic heterocycles. The maximum atomic E-state index is 14.1. The second-order valence-electron chi connectivity index (χ2n) is 10.1. The number of imidazole rings is 1. The summed E-state index contributed by atoms with van der Waals surface area (Å²) in [5, 5.41) is 0. The van der Waals surface area contributed by atoms with E-state index in [0.29, 0.717) is 63.0 Å². The average molecular weight is 559 g/mol. The van der Waals surface area contributed by atoms with Crippen LogP contribution in [-0.2, 0) is 19.0 Å². The van der Waals surface area contributed by atoms with Crippen molar-refractivity contribution in [3.8, 4) is 11.7 Å². The van der Waals surface area contributed by atoms with Crippen molar-refractivity contribution >= 4 is 22.9 Å². The van der Waals surface area contributed by atoms with Gasteiger partial charge >= 0.3 is 0 Å². The number of likely N-dealkylation sites (tertiary alicyclic amines) is 1. The molecule has 40 heavy (non-hydrogen) atoms. The smallest absolute Gasteiger partial charge is 0.296 e. The molecule has 0 N–H and O–H groups in total. The molecule has 1 aromatic carbocycles. The molecule has 3 fully saturated rings. The number of benzene rings is 1. The number of morpholine rings is 1. The lowest BCUT2D eigenvalue weighted by Crippen LogP contribution is -2.57. The van der Waals surface area contributed by atoms with Gasteiger partial charge < -0.3 is 28.7 Å². The van der Waals surface area contributed by atoms with Gasteiger partial charge in [0.25, 0.3) is 6.43 Å². The molecule has 0 saturated carbocycles. The fraction of sp³-hybridized carbons (Fsp3) is 0.556. The summed E-state index contributed by atoms with van der Waals surface area (Å²) in [6.07, 6.45) is 0.0932. The molecule has 5 heterocycles. The number of alkyl halides is 2. The molecular formula is C27H32F2N6O5. The first kappa shape index (κ1) is 26.8. The minimum absolute atomic E-state index is 0.00444. The maximum Gasteiger partial charge on any atom is 0.296 e. The molecular weight excluding hydrogens is 526 g/mol. The van der Waals surface area contributed by atoms with Gasteiger partial charge in [-0.3, -0.25) is 9.36 Å². The maximum absolute atomic E-state index is 14.1. The van der Waals surface area contributed by atoms with E-state index >= 15 is 0 Å². The highest BCUT2D eigenvalue weighted by Gasteiger charge is 2.33. The predicted octanol–water partition coefficient (Wildman–Crippen LogP) is 2.77. The first-order valence-corrected chi connectivity index (χ1v) is 13.7. The van der Waals surface area contributed by atoms with Crippen molar-refractivity contribution in [2.24, 2.45) is 0 Å². The van der Waals surface area contributed by atoms with E-state index < -0.39 is 12.2 Å². The van der Waals surface area contributed by atoms with Crippen molar-refractivity contribution in [3.63, 3.8) is 0 Å². The predicted molar refractivity (Wildman–Crippen MR) is 140 cm³/mol. The van der Waals surface area contributed by atoms with E-state index in [0.717, 1.165) is 25.9 Å². The first-order chi connectivity index (χ1) is 19.5. The molecule has 3 aliphatic heterocycles. The van der Waals surface area contributed by atoms with E-state index in [4.69, 9.17) is 18.9 Å². The zero-order chi connectivity index (χ0) is 27.5. The van der Waals surface area contributed by atoms with E-state index in [-0.39, 0.29) is 36.4 Å². The molecule has 6 rings (SSSR count). The van der Waals surface area contributed by atoms with Crippen LogP contribution < -0.4 is 9.64 Å². The second-order valence-corrected chi connectivity index (χ2v) is 10.1. The van der Waals surface area contributed by atoms with Crippen LogP contribution in [-0.4, -0.2) is 102 Å². The van der Waals surface area contributed by atoms with E-state index in [1.165, 1.54) is 4.57 Å². The third kappa shape index (κ3) is 5.86. The number of para-hydroxylation sites is 2. The Balaban J connectivity index is 1.17. The minimum Gasteiger partial charge on any atom is -0.470 e. The standard InChI is InChI=1S/C27H32F2N6O5/c28-25(29)26-30-20-6-1-2-7-21(20)35(26)22-13-23(32-27(31-22)33-8-11-37-12-9-33)40-19-14-34(15-19)24(36)17-38-16-18-5-3-4-10-39-18/h1-2,6-7,13,18-19,25H,3-5,8-12,14-17H2. The number of hydrogen-bond donors (Lipinski definition) is 0. The normalized spacial score (nSPS) is 20.2. The number of nitrogens with zero attached hydrogens (tertiary/aromatic N) is 6. The fourth-order valence-corrected chi connectivity index (χ4v) is 5.11. The number of carbonyl (C=O) groups is 1. The Hall–Kier alpha value is -3.42. The second kappa shape index (κ2) is 12.0. The Kier molecular flexibility index (Phi) is 8.03. The lowest BCUT2D eigenvalue weighted by atomic mass is 10.1. The van der Waals surface area contributed by atoms with Crippen molar-refractivity contribution in [3.05, 3.63) is 36.2 Å². The lowest BCUT2D eigenvalue weighted by Gasteiger charge is -2.38. The third-order valence-electron chi connectivity index (χ3n) is 7.27. The van der Waals surface area contributed by atoms with Gasteiger partial charge in [0.1, 0.15) is 18.5 Å². The van der Waals surface area contributed by atoms with Crippen LogP contribution in [0.1, 0.15) is 31.5 Å². The van der Waals surface area contributed by atoms with Crippen LogP contribution in [0.3, 0.4) is 0 Å². The number of rotatable bonds is 9. The highest BCUT2D eigenvalue weighted by Crippen LogP contribution is 2.30. The Labute approximate surface area is 230 Å². The number of aromatic nitrogens is 4. The SMILES string of the molecule is O=C(COCC1CCCCO1)N1CC(Oc2cc(-n3c(C(F)F)nc4ccccc43)nc(N3CCOCC3)n2)C1. The van der Waals surface area contributed by atoms with Crippen molar-refractivity contribution in [1.29, 1.82) is 0 Å². The van der Waals surface area contributed by atoms with Gasteiger partial charge in [-0.2, -0.15) is 9.97 Å². The van der Waals surface area contributed by atoms with Gasteiger partial charge in [-0.05, 0) is 31.4 Å². The van der Waals surface area contributed by atoms with Crippen LogP contribution in [0.5, 0.6) is 5.88 Å². The summed E-state index contributed by atoms with van der Waals surface area (Å²) in [5.74, 6) is 0.324. The Morgan fingerprint density at radius 2 is 1.90 bits per heavy atom. The van der Waals surface area contributed by atoms with Gasteiger partial charge in [-0.25, -0.2) is 13.8 Å². The number of fused-ring (bicyclic) bond motifs is 1. The first-order valence-electron chi connectivity index (χ1n) is 13.7. The number of amides is 1. The molecule has 13 heteroatoms. The van der Waals surface area contributed by atoms with Crippen LogP contribution in [0.15, 0.2) is 30.3 Å². The summed E-state index contributed by atoms with van der Waals surface area (Å²) in [6.45, 7) is 4.05. The molecule has 0 bridgehead atoms. The van der Waals surface area contributed by atoms with Crippen LogP contribution in [0.4, 0.5) is 14.7 Å². The largest absolute Gasteiger partial charge is 0.470 e. The van der Waals surface area contributed by atoms with Crippen LogP contribution in [0.25, 0.3) is 16.9 Å². The molecule has 3 aromatic rings. The summed E-state index contributed by atoms with van der Waals surface area (Å²) in [5.41, 5.74) is 0.951. The Morgan fingerprint density at radius 1 is 1.07 bits per heavy atom. The van der Waals surface area contributed by atoms with Crippen LogP contribution in [0.2, 0.25) is 0 Å². The van der Waals surface area contributed by atoms with Crippen LogP contribution in [0, 0.1) is 0 Å². The molecule has 0 radical (unpaired) electrons. The summed E-state index contributed by atoms with van der Waals surface area (Å²) >= 11 is 0. The summed E-state index contributed by atoms with van der Waals surface area (Å²) in [4.78, 5) is 29.5. The van der Waals surface area contributed by atoms with Gasteiger partial charge in [0, 0.05) is 25.8 Å². The van der Waals surface area contributed by atoms with Gasteiger partial charge in [0.15, 0.2) is 5.82 Å². The van der Waals surface area contributed by atoms with E-state index in [2.05, 4.69) is 15.0 Å². The summed E-state index contributed by atoms with van der Waals surface area (Å²) in [7, 11) is 0. The van der Waals surface area contributed by atoms with Gasteiger partial charge in [-0.1, -0.05) is 12.1 Å². The number of anilines is 1. The molecule has 1 unspecified atom stereocenters. The minimum atomic E-state index is -2.81. The zero-order valence-electron chi connectivity index (χ0n) is 22.1. The summed E-state index contributed by atoms with van der Waals surface area (Å²) < 4.78 is 52.3. The molecule has 214 valence electrons. The van der Waals surface area contributed by atoms with E-state index in [1.54, 1.807) is 35.2 Å². The number of hydrogen-bond acceptors (Lipinski definition) is 9. The third-order valence-corrected chi connectivity index (χ3v) is 7.27. The topological polar surface area (TPSA) is 104 Å². The van der Waals surface area contributed by atoms with E-state index in [1.807, 2.05) is 4.90 Å². The summed E-state index contributed by atoms with van der Waals surface area (Å²) in [6, 6.07) is 8.47. The molecule has 11 nitrogen and oxygen atoms in total. The highest BCUT2D eigenvalue weighted by molar-refractivity contribution is 5.79.